The van der Waals surface area contributed by atoms with Crippen molar-refractivity contribution >= 4 is 25.8 Å². The Hall–Kier alpha value is -2.26. The molecule has 1 amide bonds. The second-order valence-corrected chi connectivity index (χ2v) is 9.15. The molecule has 9 heteroatoms. The van der Waals surface area contributed by atoms with Crippen LogP contribution in [0.15, 0.2) is 52.3 Å². The summed E-state index contributed by atoms with van der Waals surface area (Å²) in [6, 6.07) is 8.71. The Morgan fingerprint density at radius 3 is 2.46 bits per heavy atom. The number of halogens is 1. The van der Waals surface area contributed by atoms with Gasteiger partial charge in [-0.1, -0.05) is 18.2 Å². The summed E-state index contributed by atoms with van der Waals surface area (Å²) in [5, 5.41) is 0. The third kappa shape index (κ3) is 2.59. The standard InChI is InChI=1S/C15H12FNO5S2/c1-23(19,20)13-5-3-2-4-10(13)9-17-15(18)12-7-6-11(16)8-14(12)24(17,21)22/h2-8H,9H2,1H3. The number of amides is 1. The second-order valence-electron chi connectivity index (χ2n) is 5.34. The molecule has 6 nitrogen and oxygen atoms in total. The lowest BCUT2D eigenvalue weighted by atomic mass is 10.2. The van der Waals surface area contributed by atoms with Gasteiger partial charge in [-0.2, -0.15) is 0 Å². The van der Waals surface area contributed by atoms with Gasteiger partial charge in [0.1, 0.15) is 10.7 Å². The maximum atomic E-state index is 13.3. The highest BCUT2D eigenvalue weighted by molar-refractivity contribution is 7.91. The van der Waals surface area contributed by atoms with Gasteiger partial charge in [-0.25, -0.2) is 25.5 Å². The monoisotopic (exact) mass is 369 g/mol. The van der Waals surface area contributed by atoms with Gasteiger partial charge in [0.2, 0.25) is 0 Å². The lowest BCUT2D eigenvalue weighted by Gasteiger charge is -2.17. The summed E-state index contributed by atoms with van der Waals surface area (Å²) >= 11 is 0. The van der Waals surface area contributed by atoms with Gasteiger partial charge in [-0.3, -0.25) is 4.79 Å². The van der Waals surface area contributed by atoms with Crippen LogP contribution in [-0.2, 0) is 26.4 Å². The molecule has 0 saturated heterocycles. The van der Waals surface area contributed by atoms with Crippen molar-refractivity contribution in [3.63, 3.8) is 0 Å². The first-order valence-electron chi connectivity index (χ1n) is 6.77. The summed E-state index contributed by atoms with van der Waals surface area (Å²) in [5.74, 6) is -1.59. The van der Waals surface area contributed by atoms with Crippen LogP contribution in [0.2, 0.25) is 0 Å². The first-order valence-corrected chi connectivity index (χ1v) is 10.1. The number of hydrogen-bond acceptors (Lipinski definition) is 5. The molecule has 0 bridgehead atoms. The van der Waals surface area contributed by atoms with Crippen LogP contribution < -0.4 is 0 Å². The highest BCUT2D eigenvalue weighted by Gasteiger charge is 2.41. The quantitative estimate of drug-likeness (QED) is 0.819. The van der Waals surface area contributed by atoms with Crippen molar-refractivity contribution in [2.45, 2.75) is 16.3 Å². The number of hydrogen-bond donors (Lipinski definition) is 0. The average molecular weight is 369 g/mol. The van der Waals surface area contributed by atoms with E-state index in [0.29, 0.717) is 4.31 Å². The minimum absolute atomic E-state index is 0.0601. The summed E-state index contributed by atoms with van der Waals surface area (Å²) in [5.41, 5.74) is 0.0402. The third-order valence-electron chi connectivity index (χ3n) is 3.65. The number of sulfonamides is 1. The zero-order valence-electron chi connectivity index (χ0n) is 12.4. The maximum Gasteiger partial charge on any atom is 0.269 e. The fourth-order valence-corrected chi connectivity index (χ4v) is 5.05. The summed E-state index contributed by atoms with van der Waals surface area (Å²) in [4.78, 5) is 11.9. The van der Waals surface area contributed by atoms with Crippen molar-refractivity contribution in [3.8, 4) is 0 Å². The second kappa shape index (κ2) is 5.38. The molecule has 3 rings (SSSR count). The van der Waals surface area contributed by atoms with E-state index in [4.69, 9.17) is 0 Å². The van der Waals surface area contributed by atoms with Gasteiger partial charge < -0.3 is 0 Å². The first-order chi connectivity index (χ1) is 11.1. The van der Waals surface area contributed by atoms with Crippen LogP contribution in [0.4, 0.5) is 4.39 Å². The third-order valence-corrected chi connectivity index (χ3v) is 6.62. The van der Waals surface area contributed by atoms with Crippen LogP contribution in [0.3, 0.4) is 0 Å². The van der Waals surface area contributed by atoms with E-state index in [0.717, 1.165) is 24.5 Å². The Kier molecular flexibility index (Phi) is 3.72. The van der Waals surface area contributed by atoms with Crippen LogP contribution in [0, 0.1) is 5.82 Å². The number of benzene rings is 2. The van der Waals surface area contributed by atoms with Crippen molar-refractivity contribution in [1.29, 1.82) is 0 Å². The van der Waals surface area contributed by atoms with Crippen LogP contribution >= 0.6 is 0 Å². The van der Waals surface area contributed by atoms with E-state index in [1.807, 2.05) is 0 Å². The zero-order chi connectivity index (χ0) is 17.7. The first kappa shape index (κ1) is 16.6. The highest BCUT2D eigenvalue weighted by Crippen LogP contribution is 2.33. The predicted molar refractivity (Wildman–Crippen MR) is 83.0 cm³/mol. The number of rotatable bonds is 3. The Balaban J connectivity index is 2.10. The Labute approximate surface area is 138 Å². The van der Waals surface area contributed by atoms with Gasteiger partial charge in [0.25, 0.3) is 15.9 Å². The Morgan fingerprint density at radius 1 is 1.12 bits per heavy atom. The highest BCUT2D eigenvalue weighted by atomic mass is 32.2. The molecule has 0 aromatic heterocycles. The molecule has 0 N–H and O–H groups in total. The number of fused-ring (bicyclic) bond motifs is 1. The summed E-state index contributed by atoms with van der Waals surface area (Å²) in [6.45, 7) is -0.444. The Bertz CT molecular complexity index is 1060. The largest absolute Gasteiger partial charge is 0.269 e. The summed E-state index contributed by atoms with van der Waals surface area (Å²) in [6.07, 6.45) is 0.996. The molecule has 0 radical (unpaired) electrons. The number of nitrogens with zero attached hydrogens (tertiary/aromatic N) is 1. The molecule has 0 saturated carbocycles. The molecule has 24 heavy (non-hydrogen) atoms. The molecular weight excluding hydrogens is 357 g/mol. The van der Waals surface area contributed by atoms with Crippen molar-refractivity contribution in [1.82, 2.24) is 4.31 Å². The van der Waals surface area contributed by atoms with Crippen molar-refractivity contribution in [3.05, 3.63) is 59.4 Å². The number of carbonyl (C=O) groups excluding carboxylic acids is 1. The molecule has 1 aliphatic rings. The van der Waals surface area contributed by atoms with Gasteiger partial charge in [-0.05, 0) is 29.8 Å². The molecule has 126 valence electrons. The maximum absolute atomic E-state index is 13.3. The minimum Gasteiger partial charge on any atom is -0.268 e. The summed E-state index contributed by atoms with van der Waals surface area (Å²) < 4.78 is 62.6. The van der Waals surface area contributed by atoms with Crippen LogP contribution in [0.1, 0.15) is 15.9 Å². The van der Waals surface area contributed by atoms with Crippen LogP contribution in [-0.4, -0.2) is 33.3 Å². The van der Waals surface area contributed by atoms with Crippen molar-refractivity contribution in [2.24, 2.45) is 0 Å². The number of carbonyl (C=O) groups is 1. The molecule has 0 aliphatic carbocycles. The molecule has 1 heterocycles. The van der Waals surface area contributed by atoms with E-state index in [1.54, 1.807) is 6.07 Å². The van der Waals surface area contributed by atoms with Gasteiger partial charge in [-0.15, -0.1) is 0 Å². The van der Waals surface area contributed by atoms with E-state index in [1.165, 1.54) is 18.2 Å². The lowest BCUT2D eigenvalue weighted by molar-refractivity contribution is 0.0864. The van der Waals surface area contributed by atoms with Crippen LogP contribution in [0.5, 0.6) is 0 Å². The Morgan fingerprint density at radius 2 is 1.79 bits per heavy atom. The van der Waals surface area contributed by atoms with E-state index in [2.05, 4.69) is 0 Å². The van der Waals surface area contributed by atoms with Gasteiger partial charge in [0.05, 0.1) is 17.0 Å². The van der Waals surface area contributed by atoms with E-state index < -0.39 is 43.0 Å². The predicted octanol–water partition coefficient (Wildman–Crippen LogP) is 1.57. The topological polar surface area (TPSA) is 88.6 Å². The smallest absolute Gasteiger partial charge is 0.268 e. The van der Waals surface area contributed by atoms with E-state index in [-0.39, 0.29) is 16.0 Å². The van der Waals surface area contributed by atoms with Gasteiger partial charge in [0, 0.05) is 6.26 Å². The van der Waals surface area contributed by atoms with Crippen LogP contribution in [0.25, 0.3) is 0 Å². The fourth-order valence-electron chi connectivity index (χ4n) is 2.56. The van der Waals surface area contributed by atoms with E-state index in [9.17, 15) is 26.0 Å². The minimum atomic E-state index is -4.23. The van der Waals surface area contributed by atoms with Crippen molar-refractivity contribution < 1.29 is 26.0 Å². The molecule has 2 aromatic carbocycles. The number of sulfone groups is 1. The average Bonchev–Trinajstić information content (AvgIpc) is 2.68. The SMILES string of the molecule is CS(=O)(=O)c1ccccc1CN1C(=O)c2ccc(F)cc2S1(=O)=O. The molecule has 0 spiro atoms. The molecular formula is C15H12FNO5S2. The van der Waals surface area contributed by atoms with Crippen molar-refractivity contribution in [2.75, 3.05) is 6.26 Å². The van der Waals surface area contributed by atoms with E-state index >= 15 is 0 Å². The zero-order valence-corrected chi connectivity index (χ0v) is 14.1. The molecule has 0 atom stereocenters. The fraction of sp³-hybridized carbons (Fsp3) is 0.133. The lowest BCUT2D eigenvalue weighted by Crippen LogP contribution is -2.30. The van der Waals surface area contributed by atoms with Gasteiger partial charge in [0.15, 0.2) is 9.84 Å². The normalized spacial score (nSPS) is 16.2. The molecule has 0 unspecified atom stereocenters. The molecule has 0 fully saturated rings. The molecule has 1 aliphatic heterocycles. The molecule has 2 aromatic rings. The summed E-state index contributed by atoms with van der Waals surface area (Å²) in [7, 11) is -7.83. The van der Waals surface area contributed by atoms with Gasteiger partial charge >= 0.3 is 0 Å².